The molecule has 168 valence electrons. The third kappa shape index (κ3) is 7.20. The molecule has 1 N–H and O–H groups in total. The van der Waals surface area contributed by atoms with Crippen molar-refractivity contribution < 1.29 is 23.8 Å². The van der Waals surface area contributed by atoms with Crippen LogP contribution in [0.2, 0.25) is 0 Å². The number of amides is 2. The number of nitrogens with zero attached hydrogens (tertiary/aromatic N) is 1. The number of carbonyl (C=O) groups excluding carboxylic acids is 2. The number of likely N-dealkylation sites (N-methyl/N-ethyl adjacent to an activating group) is 1. The highest BCUT2D eigenvalue weighted by molar-refractivity contribution is 5.87. The van der Waals surface area contributed by atoms with Gasteiger partial charge in [-0.25, -0.2) is 0 Å². The second-order valence-corrected chi connectivity index (χ2v) is 7.04. The first-order chi connectivity index (χ1) is 15.0. The van der Waals surface area contributed by atoms with Crippen molar-refractivity contribution in [2.75, 3.05) is 27.9 Å². The third-order valence-corrected chi connectivity index (χ3v) is 5.01. The van der Waals surface area contributed by atoms with Crippen molar-refractivity contribution in [1.82, 2.24) is 10.2 Å². The molecule has 0 bridgehead atoms. The van der Waals surface area contributed by atoms with Gasteiger partial charge in [-0.3, -0.25) is 9.59 Å². The van der Waals surface area contributed by atoms with Gasteiger partial charge in [0.05, 0.1) is 20.8 Å². The summed E-state index contributed by atoms with van der Waals surface area (Å²) in [5, 5.41) is 2.67. The Balaban J connectivity index is 1.99. The molecule has 1 atom stereocenters. The molecule has 7 nitrogen and oxygen atoms in total. The van der Waals surface area contributed by atoms with Crippen molar-refractivity contribution in [3.63, 3.8) is 0 Å². The summed E-state index contributed by atoms with van der Waals surface area (Å²) in [5.41, 5.74) is 0.936. The van der Waals surface area contributed by atoms with Gasteiger partial charge in [-0.2, -0.15) is 0 Å². The lowest BCUT2D eigenvalue weighted by Crippen LogP contribution is -2.48. The van der Waals surface area contributed by atoms with Crippen molar-refractivity contribution in [1.29, 1.82) is 0 Å². The molecule has 7 heteroatoms. The number of benzene rings is 2. The van der Waals surface area contributed by atoms with Gasteiger partial charge < -0.3 is 24.4 Å². The summed E-state index contributed by atoms with van der Waals surface area (Å²) >= 11 is 0. The highest BCUT2D eigenvalue weighted by Gasteiger charge is 2.27. The van der Waals surface area contributed by atoms with E-state index in [4.69, 9.17) is 14.2 Å². The maximum absolute atomic E-state index is 13.0. The van der Waals surface area contributed by atoms with Gasteiger partial charge in [0.1, 0.15) is 23.3 Å². The second kappa shape index (κ2) is 12.5. The Labute approximate surface area is 184 Å². The van der Waals surface area contributed by atoms with Gasteiger partial charge in [0.2, 0.25) is 11.8 Å². The summed E-state index contributed by atoms with van der Waals surface area (Å²) in [6, 6.07) is 14.3. The van der Waals surface area contributed by atoms with Crippen molar-refractivity contribution in [3.8, 4) is 17.2 Å². The van der Waals surface area contributed by atoms with Crippen LogP contribution < -0.4 is 19.5 Å². The summed E-state index contributed by atoms with van der Waals surface area (Å²) in [4.78, 5) is 27.1. The predicted molar refractivity (Wildman–Crippen MR) is 119 cm³/mol. The van der Waals surface area contributed by atoms with Gasteiger partial charge in [-0.15, -0.1) is 0 Å². The molecule has 0 spiro atoms. The van der Waals surface area contributed by atoms with Gasteiger partial charge in [-0.1, -0.05) is 19.1 Å². The van der Waals surface area contributed by atoms with Crippen LogP contribution in [-0.2, 0) is 16.1 Å². The van der Waals surface area contributed by atoms with E-state index in [1.54, 1.807) is 26.2 Å². The number of nitrogens with one attached hydrogen (secondary N) is 1. The van der Waals surface area contributed by atoms with Gasteiger partial charge >= 0.3 is 0 Å². The maximum atomic E-state index is 13.0. The van der Waals surface area contributed by atoms with Crippen LogP contribution in [0.3, 0.4) is 0 Å². The summed E-state index contributed by atoms with van der Waals surface area (Å²) in [7, 11) is 4.81. The van der Waals surface area contributed by atoms with E-state index in [2.05, 4.69) is 5.32 Å². The molecule has 0 radical (unpaired) electrons. The van der Waals surface area contributed by atoms with E-state index >= 15 is 0 Å². The number of hydrogen-bond donors (Lipinski definition) is 1. The molecule has 2 amide bonds. The van der Waals surface area contributed by atoms with E-state index in [0.29, 0.717) is 32.4 Å². The Bertz CT molecular complexity index is 821. The van der Waals surface area contributed by atoms with Crippen LogP contribution in [0.15, 0.2) is 48.5 Å². The second-order valence-electron chi connectivity index (χ2n) is 7.04. The quantitative estimate of drug-likeness (QED) is 0.524. The Morgan fingerprint density at radius 1 is 0.935 bits per heavy atom. The third-order valence-electron chi connectivity index (χ3n) is 5.01. The monoisotopic (exact) mass is 428 g/mol. The minimum absolute atomic E-state index is 0.0791. The van der Waals surface area contributed by atoms with Crippen molar-refractivity contribution >= 4 is 11.8 Å². The Morgan fingerprint density at radius 2 is 1.48 bits per heavy atom. The predicted octanol–water partition coefficient (Wildman–Crippen LogP) is 3.42. The number of methoxy groups -OCH3 is 2. The Hall–Kier alpha value is -3.22. The zero-order valence-electron chi connectivity index (χ0n) is 18.7. The minimum Gasteiger partial charge on any atom is -0.497 e. The normalized spacial score (nSPS) is 11.4. The van der Waals surface area contributed by atoms with Gasteiger partial charge in [0, 0.05) is 20.0 Å². The molecule has 2 aromatic carbocycles. The van der Waals surface area contributed by atoms with Gasteiger partial charge in [-0.05, 0) is 54.8 Å². The van der Waals surface area contributed by atoms with E-state index in [1.807, 2.05) is 55.5 Å². The smallest absolute Gasteiger partial charge is 0.242 e. The fraction of sp³-hybridized carbons (Fsp3) is 0.417. The largest absolute Gasteiger partial charge is 0.497 e. The number of rotatable bonds is 12. The summed E-state index contributed by atoms with van der Waals surface area (Å²) in [6.07, 6.45) is 1.37. The number of hydrogen-bond acceptors (Lipinski definition) is 5. The molecule has 31 heavy (non-hydrogen) atoms. The lowest BCUT2D eigenvalue weighted by atomic mass is 10.1. The van der Waals surface area contributed by atoms with Crippen LogP contribution in [0.5, 0.6) is 17.2 Å². The van der Waals surface area contributed by atoms with E-state index in [0.717, 1.165) is 22.8 Å². The highest BCUT2D eigenvalue weighted by Crippen LogP contribution is 2.19. The minimum atomic E-state index is -0.526. The molecule has 1 unspecified atom stereocenters. The van der Waals surface area contributed by atoms with Crippen molar-refractivity contribution in [3.05, 3.63) is 54.1 Å². The average molecular weight is 429 g/mol. The molecule has 0 aliphatic heterocycles. The lowest BCUT2D eigenvalue weighted by Gasteiger charge is -2.30. The number of ether oxygens (including phenoxy) is 3. The molecule has 2 aromatic rings. The van der Waals surface area contributed by atoms with Crippen molar-refractivity contribution in [2.24, 2.45) is 0 Å². The zero-order chi connectivity index (χ0) is 22.6. The van der Waals surface area contributed by atoms with Crippen LogP contribution in [0.1, 0.15) is 31.7 Å². The molecule has 0 saturated heterocycles. The molecule has 0 aliphatic carbocycles. The maximum Gasteiger partial charge on any atom is 0.242 e. The number of carbonyl (C=O) groups is 2. The fourth-order valence-corrected chi connectivity index (χ4v) is 3.24. The summed E-state index contributed by atoms with van der Waals surface area (Å²) in [6.45, 7) is 2.67. The van der Waals surface area contributed by atoms with E-state index < -0.39 is 6.04 Å². The van der Waals surface area contributed by atoms with Crippen molar-refractivity contribution in [2.45, 2.75) is 38.8 Å². The Morgan fingerprint density at radius 3 is 2.00 bits per heavy atom. The van der Waals surface area contributed by atoms with Gasteiger partial charge in [0.15, 0.2) is 0 Å². The molecule has 0 aromatic heterocycles. The van der Waals surface area contributed by atoms with Crippen LogP contribution in [-0.4, -0.2) is 50.6 Å². The molecular weight excluding hydrogens is 396 g/mol. The molecule has 0 heterocycles. The lowest BCUT2D eigenvalue weighted by molar-refractivity contribution is -0.141. The first-order valence-corrected chi connectivity index (χ1v) is 10.4. The van der Waals surface area contributed by atoms with E-state index in [1.165, 1.54) is 0 Å². The molecular formula is C24H32N2O5. The molecule has 2 rings (SSSR count). The van der Waals surface area contributed by atoms with Crippen LogP contribution in [0.4, 0.5) is 0 Å². The summed E-state index contributed by atoms with van der Waals surface area (Å²) in [5.74, 6) is 1.98. The molecule has 0 saturated carbocycles. The zero-order valence-corrected chi connectivity index (χ0v) is 18.7. The Kier molecular flexibility index (Phi) is 9.68. The topological polar surface area (TPSA) is 77.1 Å². The fourth-order valence-electron chi connectivity index (χ4n) is 3.24. The first-order valence-electron chi connectivity index (χ1n) is 10.4. The average Bonchev–Trinajstić information content (AvgIpc) is 2.82. The van der Waals surface area contributed by atoms with Crippen LogP contribution in [0.25, 0.3) is 0 Å². The standard InChI is InChI=1S/C24H32N2O5/c1-5-22(24(28)25-2)26(17-18-8-10-19(29-3)11-9-18)23(27)7-6-16-31-21-14-12-20(30-4)13-15-21/h8-15,22H,5-7,16-17H2,1-4H3,(H,25,28). The highest BCUT2D eigenvalue weighted by atomic mass is 16.5. The van der Waals surface area contributed by atoms with Crippen LogP contribution in [0, 0.1) is 0 Å². The SMILES string of the molecule is CCC(C(=O)NC)N(Cc1ccc(OC)cc1)C(=O)CCCOc1ccc(OC)cc1. The van der Waals surface area contributed by atoms with E-state index in [-0.39, 0.29) is 11.8 Å². The van der Waals surface area contributed by atoms with Crippen LogP contribution >= 0.6 is 0 Å². The molecule has 0 fully saturated rings. The van der Waals surface area contributed by atoms with Gasteiger partial charge in [0.25, 0.3) is 0 Å². The molecule has 0 aliphatic rings. The van der Waals surface area contributed by atoms with E-state index in [9.17, 15) is 9.59 Å². The first kappa shape index (κ1) is 24.1. The summed E-state index contributed by atoms with van der Waals surface area (Å²) < 4.78 is 16.0.